The van der Waals surface area contributed by atoms with Gasteiger partial charge in [-0.2, -0.15) is 0 Å². The number of amides is 1. The molecule has 0 aromatic heterocycles. The summed E-state index contributed by atoms with van der Waals surface area (Å²) in [5.41, 5.74) is 9.74. The summed E-state index contributed by atoms with van der Waals surface area (Å²) in [5, 5.41) is 2.84. The Balaban J connectivity index is 1.98. The number of rotatable bonds is 4. The lowest BCUT2D eigenvalue weighted by molar-refractivity contribution is 0.0953. The summed E-state index contributed by atoms with van der Waals surface area (Å²) in [5.74, 6) is -0.420. The first-order valence-electron chi connectivity index (χ1n) is 6.86. The second-order valence-corrected chi connectivity index (χ2v) is 5.16. The van der Waals surface area contributed by atoms with Gasteiger partial charge < -0.3 is 11.1 Å². The van der Waals surface area contributed by atoms with Gasteiger partial charge in [0.2, 0.25) is 0 Å². The van der Waals surface area contributed by atoms with Crippen LogP contribution in [0.1, 0.15) is 27.0 Å². The van der Waals surface area contributed by atoms with Crippen molar-refractivity contribution in [3.8, 4) is 0 Å². The van der Waals surface area contributed by atoms with Gasteiger partial charge >= 0.3 is 0 Å². The van der Waals surface area contributed by atoms with Crippen LogP contribution in [-0.2, 0) is 6.42 Å². The van der Waals surface area contributed by atoms with Crippen molar-refractivity contribution in [2.75, 3.05) is 12.3 Å². The Hall–Kier alpha value is -2.36. The molecular formula is C17H19FN2O. The summed E-state index contributed by atoms with van der Waals surface area (Å²) in [6.45, 7) is 4.25. The zero-order valence-corrected chi connectivity index (χ0v) is 12.2. The molecule has 2 aromatic rings. The summed E-state index contributed by atoms with van der Waals surface area (Å²) in [4.78, 5) is 12.1. The molecule has 0 radical (unpaired) electrons. The van der Waals surface area contributed by atoms with Gasteiger partial charge in [-0.15, -0.1) is 0 Å². The highest BCUT2D eigenvalue weighted by Gasteiger charge is 2.10. The Kier molecular flexibility index (Phi) is 4.58. The van der Waals surface area contributed by atoms with E-state index in [1.54, 1.807) is 12.1 Å². The van der Waals surface area contributed by atoms with Crippen molar-refractivity contribution in [3.05, 3.63) is 64.5 Å². The molecule has 3 N–H and O–H groups in total. The van der Waals surface area contributed by atoms with Crippen molar-refractivity contribution >= 4 is 11.6 Å². The first kappa shape index (κ1) is 15.0. The van der Waals surface area contributed by atoms with Gasteiger partial charge in [-0.05, 0) is 55.2 Å². The average Bonchev–Trinajstić information content (AvgIpc) is 2.43. The maximum absolute atomic E-state index is 13.1. The number of benzene rings is 2. The van der Waals surface area contributed by atoms with Crippen molar-refractivity contribution in [3.63, 3.8) is 0 Å². The number of halogens is 1. The first-order valence-corrected chi connectivity index (χ1v) is 6.86. The molecular weight excluding hydrogens is 267 g/mol. The molecule has 1 amide bonds. The summed E-state index contributed by atoms with van der Waals surface area (Å²) in [6, 6.07) is 9.97. The molecule has 110 valence electrons. The Morgan fingerprint density at radius 2 is 1.95 bits per heavy atom. The molecule has 0 unspecified atom stereocenters. The highest BCUT2D eigenvalue weighted by Crippen LogP contribution is 2.17. The van der Waals surface area contributed by atoms with Crippen LogP contribution in [0.25, 0.3) is 0 Å². The number of nitrogens with two attached hydrogens (primary N) is 1. The minimum absolute atomic E-state index is 0.157. The molecule has 0 aliphatic rings. The molecule has 0 aliphatic heterocycles. The van der Waals surface area contributed by atoms with Crippen molar-refractivity contribution in [1.82, 2.24) is 5.32 Å². The van der Waals surface area contributed by atoms with E-state index in [1.165, 1.54) is 12.1 Å². The van der Waals surface area contributed by atoms with Crippen molar-refractivity contribution in [2.45, 2.75) is 20.3 Å². The van der Waals surface area contributed by atoms with Gasteiger partial charge in [0, 0.05) is 17.8 Å². The molecule has 0 saturated heterocycles. The van der Waals surface area contributed by atoms with Crippen LogP contribution >= 0.6 is 0 Å². The van der Waals surface area contributed by atoms with Gasteiger partial charge in [-0.3, -0.25) is 4.79 Å². The van der Waals surface area contributed by atoms with Crippen molar-refractivity contribution in [1.29, 1.82) is 0 Å². The second kappa shape index (κ2) is 6.39. The first-order chi connectivity index (χ1) is 9.97. The van der Waals surface area contributed by atoms with Crippen LogP contribution in [0.5, 0.6) is 0 Å². The third kappa shape index (κ3) is 3.81. The molecule has 0 spiro atoms. The molecule has 4 heteroatoms. The highest BCUT2D eigenvalue weighted by molar-refractivity contribution is 5.96. The number of anilines is 1. The molecule has 2 rings (SSSR count). The van der Waals surface area contributed by atoms with E-state index in [0.717, 1.165) is 16.7 Å². The maximum atomic E-state index is 13.1. The molecule has 2 aromatic carbocycles. The van der Waals surface area contributed by atoms with Crippen LogP contribution in [0.4, 0.5) is 10.1 Å². The Morgan fingerprint density at radius 1 is 1.19 bits per heavy atom. The van der Waals surface area contributed by atoms with Crippen LogP contribution in [0.2, 0.25) is 0 Å². The SMILES string of the molecule is Cc1cc(C)c(C(=O)NCCc2cccc(F)c2)cc1N. The number of carbonyl (C=O) groups excluding carboxylic acids is 1. The van der Waals surface area contributed by atoms with E-state index in [9.17, 15) is 9.18 Å². The van der Waals surface area contributed by atoms with Gasteiger partial charge in [0.25, 0.3) is 5.91 Å². The zero-order valence-electron chi connectivity index (χ0n) is 12.2. The molecule has 0 heterocycles. The van der Waals surface area contributed by atoms with Gasteiger partial charge in [0.15, 0.2) is 0 Å². The van der Waals surface area contributed by atoms with Crippen LogP contribution in [-0.4, -0.2) is 12.5 Å². The molecule has 21 heavy (non-hydrogen) atoms. The zero-order chi connectivity index (χ0) is 15.4. The second-order valence-electron chi connectivity index (χ2n) is 5.16. The number of aryl methyl sites for hydroxylation is 2. The summed E-state index contributed by atoms with van der Waals surface area (Å²) < 4.78 is 13.1. The van der Waals surface area contributed by atoms with Crippen LogP contribution in [0, 0.1) is 19.7 Å². The van der Waals surface area contributed by atoms with Gasteiger partial charge in [-0.25, -0.2) is 4.39 Å². The minimum Gasteiger partial charge on any atom is -0.398 e. The molecule has 0 aliphatic carbocycles. The number of hydrogen-bond acceptors (Lipinski definition) is 2. The van der Waals surface area contributed by atoms with E-state index in [-0.39, 0.29) is 11.7 Å². The number of nitrogen functional groups attached to an aromatic ring is 1. The largest absolute Gasteiger partial charge is 0.398 e. The molecule has 0 atom stereocenters. The van der Waals surface area contributed by atoms with E-state index in [1.807, 2.05) is 26.0 Å². The number of carbonyl (C=O) groups is 1. The van der Waals surface area contributed by atoms with Gasteiger partial charge in [-0.1, -0.05) is 18.2 Å². The molecule has 0 fully saturated rings. The summed E-state index contributed by atoms with van der Waals surface area (Å²) >= 11 is 0. The Labute approximate surface area is 124 Å². The van der Waals surface area contributed by atoms with Crippen LogP contribution in [0.15, 0.2) is 36.4 Å². The summed E-state index contributed by atoms with van der Waals surface area (Å²) in [7, 11) is 0. The van der Waals surface area contributed by atoms with Crippen LogP contribution < -0.4 is 11.1 Å². The third-order valence-electron chi connectivity index (χ3n) is 3.45. The Bertz CT molecular complexity index is 668. The predicted molar refractivity (Wildman–Crippen MR) is 82.8 cm³/mol. The maximum Gasteiger partial charge on any atom is 0.251 e. The fourth-order valence-corrected chi connectivity index (χ4v) is 2.22. The molecule has 0 saturated carbocycles. The quantitative estimate of drug-likeness (QED) is 0.849. The van der Waals surface area contributed by atoms with E-state index >= 15 is 0 Å². The molecule has 3 nitrogen and oxygen atoms in total. The fourth-order valence-electron chi connectivity index (χ4n) is 2.22. The predicted octanol–water partition coefficient (Wildman–Crippen LogP) is 3.00. The standard InChI is InChI=1S/C17H19FN2O/c1-11-8-12(2)16(19)10-15(11)17(21)20-7-6-13-4-3-5-14(18)9-13/h3-5,8-10H,6-7,19H2,1-2H3,(H,20,21). The Morgan fingerprint density at radius 3 is 2.67 bits per heavy atom. The smallest absolute Gasteiger partial charge is 0.251 e. The van der Waals surface area contributed by atoms with Crippen molar-refractivity contribution < 1.29 is 9.18 Å². The van der Waals surface area contributed by atoms with E-state index < -0.39 is 0 Å². The fraction of sp³-hybridized carbons (Fsp3) is 0.235. The highest BCUT2D eigenvalue weighted by atomic mass is 19.1. The lowest BCUT2D eigenvalue weighted by Crippen LogP contribution is -2.26. The molecule has 0 bridgehead atoms. The number of nitrogens with one attached hydrogen (secondary N) is 1. The third-order valence-corrected chi connectivity index (χ3v) is 3.45. The topological polar surface area (TPSA) is 55.1 Å². The van der Waals surface area contributed by atoms with Crippen molar-refractivity contribution in [2.24, 2.45) is 0 Å². The number of hydrogen-bond donors (Lipinski definition) is 2. The summed E-state index contributed by atoms with van der Waals surface area (Å²) in [6.07, 6.45) is 0.587. The van der Waals surface area contributed by atoms with E-state index in [0.29, 0.717) is 24.2 Å². The monoisotopic (exact) mass is 286 g/mol. The van der Waals surface area contributed by atoms with Gasteiger partial charge in [0.1, 0.15) is 5.82 Å². The van der Waals surface area contributed by atoms with Gasteiger partial charge in [0.05, 0.1) is 0 Å². The minimum atomic E-state index is -0.263. The normalized spacial score (nSPS) is 10.4. The lowest BCUT2D eigenvalue weighted by Gasteiger charge is -2.10. The average molecular weight is 286 g/mol. The lowest BCUT2D eigenvalue weighted by atomic mass is 10.0. The van der Waals surface area contributed by atoms with E-state index in [4.69, 9.17) is 5.73 Å². The van der Waals surface area contributed by atoms with E-state index in [2.05, 4.69) is 5.32 Å². The van der Waals surface area contributed by atoms with Crippen LogP contribution in [0.3, 0.4) is 0 Å².